The fourth-order valence-electron chi connectivity index (χ4n) is 2.51. The molecule has 1 N–H and O–H groups in total. The molecule has 1 aromatic carbocycles. The van der Waals surface area contributed by atoms with Gasteiger partial charge in [0, 0.05) is 0 Å². The lowest BCUT2D eigenvalue weighted by molar-refractivity contribution is 0.136. The van der Waals surface area contributed by atoms with Gasteiger partial charge >= 0.3 is 0 Å². The number of hydrogen-bond donors (Lipinski definition) is 1. The quantitative estimate of drug-likeness (QED) is 0.752. The molecule has 1 aliphatic carbocycles. The molecule has 1 aliphatic rings. The molecule has 82 valence electrons. The van der Waals surface area contributed by atoms with Gasteiger partial charge in [0.2, 0.25) is 0 Å². The summed E-state index contributed by atoms with van der Waals surface area (Å²) in [6.07, 6.45) is 1.68. The van der Waals surface area contributed by atoms with Crippen molar-refractivity contribution >= 4 is 0 Å². The van der Waals surface area contributed by atoms with Crippen LogP contribution in [0.25, 0.3) is 0 Å². The highest BCUT2D eigenvalue weighted by Crippen LogP contribution is 2.39. The summed E-state index contributed by atoms with van der Waals surface area (Å²) in [7, 11) is 0. The first-order valence-electron chi connectivity index (χ1n) is 5.53. The fourth-order valence-corrected chi connectivity index (χ4v) is 2.51. The van der Waals surface area contributed by atoms with Crippen molar-refractivity contribution in [2.75, 3.05) is 0 Å². The van der Waals surface area contributed by atoms with Crippen molar-refractivity contribution in [2.45, 2.75) is 38.7 Å². The second kappa shape index (κ2) is 3.93. The summed E-state index contributed by atoms with van der Waals surface area (Å²) < 4.78 is 13.1. The third-order valence-electron chi connectivity index (χ3n) is 3.63. The summed E-state index contributed by atoms with van der Waals surface area (Å²) in [6, 6.07) is 5.29. The van der Waals surface area contributed by atoms with Gasteiger partial charge in [-0.15, -0.1) is 0 Å². The lowest BCUT2D eigenvalue weighted by Crippen LogP contribution is -2.14. The first-order chi connectivity index (χ1) is 7.09. The average molecular weight is 208 g/mol. The SMILES string of the molecule is Cc1cc(C2CCC(O)C2C)ccc1F. The van der Waals surface area contributed by atoms with Crippen molar-refractivity contribution in [3.63, 3.8) is 0 Å². The second-order valence-corrected chi connectivity index (χ2v) is 4.62. The van der Waals surface area contributed by atoms with Gasteiger partial charge in [-0.2, -0.15) is 0 Å². The van der Waals surface area contributed by atoms with Crippen molar-refractivity contribution in [1.29, 1.82) is 0 Å². The lowest BCUT2D eigenvalue weighted by atomic mass is 9.89. The van der Waals surface area contributed by atoms with E-state index in [1.165, 1.54) is 6.07 Å². The van der Waals surface area contributed by atoms with Crippen LogP contribution in [0.3, 0.4) is 0 Å². The van der Waals surface area contributed by atoms with E-state index in [1.54, 1.807) is 6.92 Å². The van der Waals surface area contributed by atoms with Crippen molar-refractivity contribution < 1.29 is 9.50 Å². The predicted octanol–water partition coefficient (Wildman–Crippen LogP) is 3.01. The highest BCUT2D eigenvalue weighted by molar-refractivity contribution is 5.28. The van der Waals surface area contributed by atoms with Crippen LogP contribution < -0.4 is 0 Å². The van der Waals surface area contributed by atoms with E-state index in [0.717, 1.165) is 18.4 Å². The van der Waals surface area contributed by atoms with E-state index < -0.39 is 0 Å². The second-order valence-electron chi connectivity index (χ2n) is 4.62. The first-order valence-corrected chi connectivity index (χ1v) is 5.53. The number of rotatable bonds is 1. The summed E-state index contributed by atoms with van der Waals surface area (Å²) in [5.41, 5.74) is 1.86. The molecule has 0 bridgehead atoms. The Labute approximate surface area is 89.9 Å². The molecule has 0 radical (unpaired) electrons. The fraction of sp³-hybridized carbons (Fsp3) is 0.538. The number of aliphatic hydroxyl groups excluding tert-OH is 1. The third kappa shape index (κ3) is 1.91. The van der Waals surface area contributed by atoms with E-state index in [1.807, 2.05) is 12.1 Å². The van der Waals surface area contributed by atoms with Crippen molar-refractivity contribution in [3.8, 4) is 0 Å². The van der Waals surface area contributed by atoms with Gasteiger partial charge in [0.1, 0.15) is 5.82 Å². The molecule has 3 unspecified atom stereocenters. The molecule has 15 heavy (non-hydrogen) atoms. The molecule has 3 atom stereocenters. The number of aryl methyl sites for hydroxylation is 1. The summed E-state index contributed by atoms with van der Waals surface area (Å²) in [6.45, 7) is 3.86. The molecule has 1 fully saturated rings. The van der Waals surface area contributed by atoms with Crippen molar-refractivity contribution in [3.05, 3.63) is 35.1 Å². The maximum atomic E-state index is 13.1. The largest absolute Gasteiger partial charge is 0.393 e. The Hall–Kier alpha value is -0.890. The predicted molar refractivity (Wildman–Crippen MR) is 58.3 cm³/mol. The minimum absolute atomic E-state index is 0.148. The zero-order chi connectivity index (χ0) is 11.0. The van der Waals surface area contributed by atoms with E-state index in [4.69, 9.17) is 0 Å². The monoisotopic (exact) mass is 208 g/mol. The number of benzene rings is 1. The molecule has 2 heteroatoms. The summed E-state index contributed by atoms with van der Waals surface area (Å²) >= 11 is 0. The van der Waals surface area contributed by atoms with Crippen LogP contribution in [0.5, 0.6) is 0 Å². The van der Waals surface area contributed by atoms with E-state index in [9.17, 15) is 9.50 Å². The Morgan fingerprint density at radius 2 is 2.07 bits per heavy atom. The molecule has 0 amide bonds. The molecule has 0 aliphatic heterocycles. The van der Waals surface area contributed by atoms with Crippen LogP contribution >= 0.6 is 0 Å². The average Bonchev–Trinajstić information content (AvgIpc) is 2.53. The van der Waals surface area contributed by atoms with Crippen molar-refractivity contribution in [2.24, 2.45) is 5.92 Å². The Morgan fingerprint density at radius 3 is 2.60 bits per heavy atom. The molecule has 0 heterocycles. The number of hydrogen-bond acceptors (Lipinski definition) is 1. The van der Waals surface area contributed by atoms with Crippen molar-refractivity contribution in [1.82, 2.24) is 0 Å². The zero-order valence-electron chi connectivity index (χ0n) is 9.20. The first kappa shape index (κ1) is 10.6. The van der Waals surface area contributed by atoms with Crippen LogP contribution in [0, 0.1) is 18.7 Å². The Morgan fingerprint density at radius 1 is 1.33 bits per heavy atom. The van der Waals surface area contributed by atoms with E-state index in [0.29, 0.717) is 11.5 Å². The van der Waals surface area contributed by atoms with E-state index >= 15 is 0 Å². The van der Waals surface area contributed by atoms with Crippen LogP contribution in [0.15, 0.2) is 18.2 Å². The Kier molecular flexibility index (Phi) is 2.79. The molecule has 0 spiro atoms. The van der Waals surface area contributed by atoms with Gasteiger partial charge in [-0.3, -0.25) is 0 Å². The minimum atomic E-state index is -0.194. The molecule has 1 nitrogen and oxygen atoms in total. The third-order valence-corrected chi connectivity index (χ3v) is 3.63. The Bertz CT molecular complexity index is 362. The molecular weight excluding hydrogens is 191 g/mol. The summed E-state index contributed by atoms with van der Waals surface area (Å²) in [4.78, 5) is 0. The molecular formula is C13H17FO. The normalized spacial score (nSPS) is 30.8. The summed E-state index contributed by atoms with van der Waals surface area (Å²) in [5, 5.41) is 9.68. The van der Waals surface area contributed by atoms with Crippen LogP contribution in [0.1, 0.15) is 36.8 Å². The van der Waals surface area contributed by atoms with Crippen LogP contribution in [-0.4, -0.2) is 11.2 Å². The van der Waals surface area contributed by atoms with Crippen LogP contribution in [-0.2, 0) is 0 Å². The smallest absolute Gasteiger partial charge is 0.126 e. The lowest BCUT2D eigenvalue weighted by Gasteiger charge is -2.18. The highest BCUT2D eigenvalue weighted by atomic mass is 19.1. The summed E-state index contributed by atoms with van der Waals surface area (Å²) in [5.74, 6) is 0.527. The molecule has 0 saturated heterocycles. The number of aliphatic hydroxyl groups is 1. The standard InChI is InChI=1S/C13H17FO/c1-8-7-10(3-5-12(8)14)11-4-6-13(15)9(11)2/h3,5,7,9,11,13,15H,4,6H2,1-2H3. The molecule has 1 saturated carbocycles. The Balaban J connectivity index is 2.26. The maximum Gasteiger partial charge on any atom is 0.126 e. The van der Waals surface area contributed by atoms with Gasteiger partial charge in [-0.1, -0.05) is 19.1 Å². The van der Waals surface area contributed by atoms with Gasteiger partial charge in [0.25, 0.3) is 0 Å². The highest BCUT2D eigenvalue weighted by Gasteiger charge is 2.32. The van der Waals surface area contributed by atoms with Gasteiger partial charge in [0.15, 0.2) is 0 Å². The van der Waals surface area contributed by atoms with Gasteiger partial charge < -0.3 is 5.11 Å². The zero-order valence-corrected chi connectivity index (χ0v) is 9.20. The number of halogens is 1. The van der Waals surface area contributed by atoms with Gasteiger partial charge in [-0.25, -0.2) is 4.39 Å². The van der Waals surface area contributed by atoms with Gasteiger partial charge in [-0.05, 0) is 48.8 Å². The molecule has 0 aromatic heterocycles. The maximum absolute atomic E-state index is 13.1. The minimum Gasteiger partial charge on any atom is -0.393 e. The molecule has 2 rings (SSSR count). The van der Waals surface area contributed by atoms with Crippen LogP contribution in [0.2, 0.25) is 0 Å². The topological polar surface area (TPSA) is 20.2 Å². The van der Waals surface area contributed by atoms with Gasteiger partial charge in [0.05, 0.1) is 6.10 Å². The molecule has 1 aromatic rings. The van der Waals surface area contributed by atoms with E-state index in [-0.39, 0.29) is 17.8 Å². The van der Waals surface area contributed by atoms with E-state index in [2.05, 4.69) is 6.92 Å². The van der Waals surface area contributed by atoms with Crippen LogP contribution in [0.4, 0.5) is 4.39 Å².